The quantitative estimate of drug-likeness (QED) is 0.768. The monoisotopic (exact) mass is 352 g/mol. The van der Waals surface area contributed by atoms with Gasteiger partial charge in [-0.1, -0.05) is 36.4 Å². The van der Waals surface area contributed by atoms with Gasteiger partial charge in [-0.3, -0.25) is 9.13 Å². The van der Waals surface area contributed by atoms with Crippen LogP contribution in [0.2, 0.25) is 0 Å². The molecular weight excluding hydrogens is 328 g/mol. The summed E-state index contributed by atoms with van der Waals surface area (Å²) in [5.41, 5.74) is 4.15. The molecule has 0 unspecified atom stereocenters. The van der Waals surface area contributed by atoms with Crippen molar-refractivity contribution in [1.82, 2.24) is 9.13 Å². The Kier molecular flexibility index (Phi) is 4.66. The minimum absolute atomic E-state index is 0.0267. The molecule has 0 saturated heterocycles. The molecule has 4 rings (SSSR count). The molecule has 5 nitrogen and oxygen atoms in total. The number of aryl methyl sites for hydroxylation is 2. The Morgan fingerprint density at radius 1 is 1.15 bits per heavy atom. The molecule has 0 aliphatic heterocycles. The molecule has 1 aliphatic rings. The molecule has 0 fully saturated rings. The zero-order valence-corrected chi connectivity index (χ0v) is 15.0. The van der Waals surface area contributed by atoms with Gasteiger partial charge in [0.2, 0.25) is 0 Å². The first-order chi connectivity index (χ1) is 12.6. The van der Waals surface area contributed by atoms with Crippen molar-refractivity contribution < 1.29 is 9.84 Å². The maximum atomic E-state index is 12.5. The zero-order chi connectivity index (χ0) is 18.1. The molecule has 0 saturated carbocycles. The van der Waals surface area contributed by atoms with Crippen LogP contribution in [0, 0.1) is 0 Å². The molecule has 26 heavy (non-hydrogen) atoms. The molecule has 5 heteroatoms. The van der Waals surface area contributed by atoms with Crippen molar-refractivity contribution in [2.24, 2.45) is 7.05 Å². The van der Waals surface area contributed by atoms with Gasteiger partial charge < -0.3 is 9.84 Å². The molecule has 1 N–H and O–H groups in total. The van der Waals surface area contributed by atoms with Crippen molar-refractivity contribution in [3.8, 4) is 0 Å². The summed E-state index contributed by atoms with van der Waals surface area (Å²) in [6, 6.07) is 16.0. The highest BCUT2D eigenvalue weighted by atomic mass is 16.5. The summed E-state index contributed by atoms with van der Waals surface area (Å²) in [5, 5.41) is 10.5. The maximum absolute atomic E-state index is 12.5. The number of benzene rings is 2. The Morgan fingerprint density at radius 2 is 1.88 bits per heavy atom. The molecular formula is C21H24N2O3. The van der Waals surface area contributed by atoms with Crippen LogP contribution in [0.5, 0.6) is 0 Å². The zero-order valence-electron chi connectivity index (χ0n) is 15.0. The number of ether oxygens (including phenoxy) is 1. The first kappa shape index (κ1) is 17.1. The summed E-state index contributed by atoms with van der Waals surface area (Å²) in [4.78, 5) is 12.5. The van der Waals surface area contributed by atoms with Crippen molar-refractivity contribution >= 4 is 11.0 Å². The van der Waals surface area contributed by atoms with Crippen molar-refractivity contribution in [2.75, 3.05) is 6.61 Å². The number of aliphatic hydroxyl groups excluding tert-OH is 1. The summed E-state index contributed by atoms with van der Waals surface area (Å²) in [6.45, 7) is 0.448. The Hall–Kier alpha value is -2.37. The Morgan fingerprint density at radius 3 is 2.73 bits per heavy atom. The van der Waals surface area contributed by atoms with Crippen molar-refractivity contribution in [2.45, 2.75) is 38.0 Å². The standard InChI is InChI=1S/C21H24N2O3/c1-22-18-10-4-5-11-19(18)23(21(22)25)13-16(24)14-26-20-12-6-8-15-7-2-3-9-17(15)20/h2-5,7,9-11,16,20,24H,6,8,12-14H2,1H3/t16-,20-/m0/s1. The molecule has 1 aliphatic carbocycles. The van der Waals surface area contributed by atoms with Gasteiger partial charge in [0.05, 0.1) is 36.4 Å². The number of fused-ring (bicyclic) bond motifs is 2. The Balaban J connectivity index is 1.47. The summed E-state index contributed by atoms with van der Waals surface area (Å²) in [5.74, 6) is 0. The molecule has 2 atom stereocenters. The second-order valence-electron chi connectivity index (χ2n) is 7.01. The second kappa shape index (κ2) is 7.09. The van der Waals surface area contributed by atoms with Crippen LogP contribution in [0.1, 0.15) is 30.1 Å². The van der Waals surface area contributed by atoms with Gasteiger partial charge in [-0.05, 0) is 42.5 Å². The van der Waals surface area contributed by atoms with Gasteiger partial charge in [0.15, 0.2) is 0 Å². The van der Waals surface area contributed by atoms with Crippen LogP contribution in [-0.4, -0.2) is 27.0 Å². The molecule has 1 aromatic heterocycles. The molecule has 1 heterocycles. The number of nitrogens with zero attached hydrogens (tertiary/aromatic N) is 2. The number of hydrogen-bond acceptors (Lipinski definition) is 3. The fourth-order valence-electron chi connectivity index (χ4n) is 3.91. The van der Waals surface area contributed by atoms with Crippen LogP contribution in [0.15, 0.2) is 53.3 Å². The van der Waals surface area contributed by atoms with E-state index in [-0.39, 0.29) is 24.9 Å². The van der Waals surface area contributed by atoms with Gasteiger partial charge in [-0.25, -0.2) is 4.79 Å². The molecule has 0 radical (unpaired) electrons. The third-order valence-corrected chi connectivity index (χ3v) is 5.25. The van der Waals surface area contributed by atoms with Crippen LogP contribution < -0.4 is 5.69 Å². The molecule has 136 valence electrons. The smallest absolute Gasteiger partial charge is 0.328 e. The van der Waals surface area contributed by atoms with Crippen molar-refractivity contribution in [1.29, 1.82) is 0 Å². The van der Waals surface area contributed by atoms with Gasteiger partial charge in [-0.15, -0.1) is 0 Å². The van der Waals surface area contributed by atoms with Gasteiger partial charge in [0.25, 0.3) is 0 Å². The molecule has 0 spiro atoms. The van der Waals surface area contributed by atoms with E-state index in [0.29, 0.717) is 0 Å². The van der Waals surface area contributed by atoms with Crippen LogP contribution >= 0.6 is 0 Å². The minimum atomic E-state index is -0.729. The summed E-state index contributed by atoms with van der Waals surface area (Å²) in [6.07, 6.45) is 2.45. The highest BCUT2D eigenvalue weighted by Gasteiger charge is 2.22. The third-order valence-electron chi connectivity index (χ3n) is 5.25. The fraction of sp³-hybridized carbons (Fsp3) is 0.381. The summed E-state index contributed by atoms with van der Waals surface area (Å²) < 4.78 is 9.26. The van der Waals surface area contributed by atoms with Crippen LogP contribution in [-0.2, 0) is 24.8 Å². The average Bonchev–Trinajstić information content (AvgIpc) is 2.91. The lowest BCUT2D eigenvalue weighted by Gasteiger charge is -2.26. The lowest BCUT2D eigenvalue weighted by atomic mass is 9.89. The van der Waals surface area contributed by atoms with Gasteiger partial charge >= 0.3 is 5.69 Å². The van der Waals surface area contributed by atoms with E-state index in [9.17, 15) is 9.90 Å². The predicted octanol–water partition coefficient (Wildman–Crippen LogP) is 2.80. The van der Waals surface area contributed by atoms with Gasteiger partial charge in [0, 0.05) is 7.05 Å². The third kappa shape index (κ3) is 3.08. The van der Waals surface area contributed by atoms with E-state index in [2.05, 4.69) is 18.2 Å². The highest BCUT2D eigenvalue weighted by Crippen LogP contribution is 2.32. The summed E-state index contributed by atoms with van der Waals surface area (Å²) >= 11 is 0. The number of aliphatic hydroxyl groups is 1. The number of aromatic nitrogens is 2. The maximum Gasteiger partial charge on any atom is 0.328 e. The van der Waals surface area contributed by atoms with Crippen molar-refractivity contribution in [3.05, 3.63) is 70.1 Å². The topological polar surface area (TPSA) is 56.4 Å². The number of imidazole rings is 1. The lowest BCUT2D eigenvalue weighted by molar-refractivity contribution is -0.0225. The van der Waals surface area contributed by atoms with E-state index < -0.39 is 6.10 Å². The normalized spacial score (nSPS) is 18.0. The Bertz CT molecular complexity index is 973. The number of rotatable bonds is 5. The largest absolute Gasteiger partial charge is 0.389 e. The number of para-hydroxylation sites is 2. The van der Waals surface area contributed by atoms with Crippen LogP contribution in [0.4, 0.5) is 0 Å². The van der Waals surface area contributed by atoms with Gasteiger partial charge in [0.1, 0.15) is 0 Å². The fourth-order valence-corrected chi connectivity index (χ4v) is 3.91. The molecule has 2 aromatic carbocycles. The van der Waals surface area contributed by atoms with Crippen LogP contribution in [0.3, 0.4) is 0 Å². The number of hydrogen-bond donors (Lipinski definition) is 1. The lowest BCUT2D eigenvalue weighted by Crippen LogP contribution is -2.30. The van der Waals surface area contributed by atoms with E-state index in [4.69, 9.17) is 4.74 Å². The first-order valence-corrected chi connectivity index (χ1v) is 9.17. The van der Waals surface area contributed by atoms with Crippen molar-refractivity contribution in [3.63, 3.8) is 0 Å². The van der Waals surface area contributed by atoms with E-state index in [1.807, 2.05) is 30.3 Å². The molecule has 0 amide bonds. The minimum Gasteiger partial charge on any atom is -0.389 e. The SMILES string of the molecule is Cn1c(=O)n(C[C@H](O)CO[C@H]2CCCc3ccccc32)c2ccccc21. The second-order valence-corrected chi connectivity index (χ2v) is 7.01. The summed E-state index contributed by atoms with van der Waals surface area (Å²) in [7, 11) is 1.75. The van der Waals surface area contributed by atoms with E-state index >= 15 is 0 Å². The Labute approximate surface area is 152 Å². The van der Waals surface area contributed by atoms with Gasteiger partial charge in [-0.2, -0.15) is 0 Å². The molecule has 3 aromatic rings. The van der Waals surface area contributed by atoms with Crippen LogP contribution in [0.25, 0.3) is 11.0 Å². The highest BCUT2D eigenvalue weighted by molar-refractivity contribution is 5.75. The van der Waals surface area contributed by atoms with E-state index in [0.717, 1.165) is 30.3 Å². The predicted molar refractivity (Wildman–Crippen MR) is 101 cm³/mol. The first-order valence-electron chi connectivity index (χ1n) is 9.17. The van der Waals surface area contributed by atoms with E-state index in [1.54, 1.807) is 16.2 Å². The average molecular weight is 352 g/mol. The van der Waals surface area contributed by atoms with E-state index in [1.165, 1.54) is 11.1 Å². The molecule has 0 bridgehead atoms.